The van der Waals surface area contributed by atoms with Crippen LogP contribution in [0.5, 0.6) is 5.75 Å². The molecular weight excluding hydrogens is 464 g/mol. The van der Waals surface area contributed by atoms with Crippen LogP contribution in [0.25, 0.3) is 0 Å². The molecule has 2 amide bonds. The summed E-state index contributed by atoms with van der Waals surface area (Å²) in [6.07, 6.45) is 0.469. The molecule has 2 heterocycles. The molecule has 1 fully saturated rings. The summed E-state index contributed by atoms with van der Waals surface area (Å²) < 4.78 is 11.3. The molecule has 1 aliphatic heterocycles. The van der Waals surface area contributed by atoms with Gasteiger partial charge in [-0.1, -0.05) is 30.3 Å². The second-order valence-electron chi connectivity index (χ2n) is 10.5. The molecule has 9 heteroatoms. The van der Waals surface area contributed by atoms with E-state index in [0.29, 0.717) is 12.2 Å². The van der Waals surface area contributed by atoms with Gasteiger partial charge in [-0.25, -0.2) is 4.79 Å². The van der Waals surface area contributed by atoms with Crippen molar-refractivity contribution in [2.45, 2.75) is 70.4 Å². The lowest BCUT2D eigenvalue weighted by molar-refractivity contribution is -0.124. The van der Waals surface area contributed by atoms with Crippen LogP contribution in [0.2, 0.25) is 0 Å². The normalized spacial score (nSPS) is 16.3. The molecule has 3 rings (SSSR count). The monoisotopic (exact) mass is 500 g/mol. The van der Waals surface area contributed by atoms with Gasteiger partial charge in [-0.3, -0.25) is 9.59 Å². The van der Waals surface area contributed by atoms with Crippen molar-refractivity contribution in [2.75, 3.05) is 19.7 Å². The number of aromatic hydroxyl groups is 1. The highest BCUT2D eigenvalue weighted by atomic mass is 16.6. The number of aliphatic hydroxyl groups excluding tert-OH is 1. The second-order valence-corrected chi connectivity index (χ2v) is 10.5. The van der Waals surface area contributed by atoms with E-state index in [-0.39, 0.29) is 50.6 Å². The first-order valence-electron chi connectivity index (χ1n) is 12.2. The Hall–Kier alpha value is -3.33. The van der Waals surface area contributed by atoms with Crippen LogP contribution in [-0.4, -0.2) is 58.5 Å². The van der Waals surface area contributed by atoms with Crippen LogP contribution in [0.15, 0.2) is 45.6 Å². The number of benzene rings is 1. The van der Waals surface area contributed by atoms with Crippen LogP contribution >= 0.6 is 0 Å². The van der Waals surface area contributed by atoms with Crippen LogP contribution in [-0.2, 0) is 21.4 Å². The SMILES string of the molecule is Cc1cc(=O)c(O)c(C2(CC(=O)NC(CO)Cc3ccccc3)CCN(C(=O)OC(C)(C)C)CC2)o1. The van der Waals surface area contributed by atoms with E-state index in [1.54, 1.807) is 32.6 Å². The zero-order valence-corrected chi connectivity index (χ0v) is 21.4. The third kappa shape index (κ3) is 6.87. The van der Waals surface area contributed by atoms with Crippen LogP contribution in [0.4, 0.5) is 4.79 Å². The Morgan fingerprint density at radius 1 is 1.19 bits per heavy atom. The van der Waals surface area contributed by atoms with Crippen LogP contribution in [0.3, 0.4) is 0 Å². The lowest BCUT2D eigenvalue weighted by Crippen LogP contribution is -2.49. The minimum Gasteiger partial charge on any atom is -0.502 e. The Morgan fingerprint density at radius 3 is 2.42 bits per heavy atom. The second kappa shape index (κ2) is 11.2. The first kappa shape index (κ1) is 27.3. The molecule has 1 saturated heterocycles. The molecule has 0 radical (unpaired) electrons. The molecule has 0 spiro atoms. The molecule has 196 valence electrons. The van der Waals surface area contributed by atoms with Crippen molar-refractivity contribution >= 4 is 12.0 Å². The molecule has 0 bridgehead atoms. The fourth-order valence-electron chi connectivity index (χ4n) is 4.54. The van der Waals surface area contributed by atoms with Gasteiger partial charge in [-0.05, 0) is 52.5 Å². The van der Waals surface area contributed by atoms with E-state index in [9.17, 15) is 24.6 Å². The smallest absolute Gasteiger partial charge is 0.410 e. The van der Waals surface area contributed by atoms with Crippen molar-refractivity contribution in [3.05, 3.63) is 63.7 Å². The number of rotatable bonds is 7. The largest absolute Gasteiger partial charge is 0.502 e. The number of nitrogens with zero attached hydrogens (tertiary/aromatic N) is 1. The molecule has 1 aromatic heterocycles. The molecule has 3 N–H and O–H groups in total. The molecule has 1 aromatic carbocycles. The zero-order valence-electron chi connectivity index (χ0n) is 21.4. The Balaban J connectivity index is 1.82. The third-order valence-electron chi connectivity index (χ3n) is 6.31. The number of carbonyl (C=O) groups is 2. The molecule has 9 nitrogen and oxygen atoms in total. The van der Waals surface area contributed by atoms with Crippen molar-refractivity contribution in [1.82, 2.24) is 10.2 Å². The lowest BCUT2D eigenvalue weighted by Gasteiger charge is -2.41. The van der Waals surface area contributed by atoms with Crippen molar-refractivity contribution in [3.8, 4) is 5.75 Å². The number of aliphatic hydroxyl groups is 1. The fraction of sp³-hybridized carbons (Fsp3) is 0.519. The lowest BCUT2D eigenvalue weighted by atomic mass is 9.72. The molecule has 36 heavy (non-hydrogen) atoms. The van der Waals surface area contributed by atoms with Gasteiger partial charge in [-0.15, -0.1) is 0 Å². The predicted molar refractivity (Wildman–Crippen MR) is 134 cm³/mol. The van der Waals surface area contributed by atoms with Gasteiger partial charge in [0.2, 0.25) is 17.1 Å². The topological polar surface area (TPSA) is 129 Å². The number of likely N-dealkylation sites (tertiary alicyclic amines) is 1. The number of carbonyl (C=O) groups excluding carboxylic acids is 2. The zero-order chi connectivity index (χ0) is 26.5. The highest BCUT2D eigenvalue weighted by Crippen LogP contribution is 2.42. The number of amides is 2. The first-order chi connectivity index (χ1) is 16.9. The molecular formula is C27H36N2O7. The molecule has 1 aliphatic rings. The van der Waals surface area contributed by atoms with Crippen molar-refractivity contribution < 1.29 is 29.0 Å². The average Bonchev–Trinajstić information content (AvgIpc) is 2.80. The molecule has 1 atom stereocenters. The van der Waals surface area contributed by atoms with E-state index in [1.807, 2.05) is 30.3 Å². The van der Waals surface area contributed by atoms with Gasteiger partial charge in [0.25, 0.3) is 0 Å². The van der Waals surface area contributed by atoms with Crippen LogP contribution in [0.1, 0.15) is 57.1 Å². The maximum Gasteiger partial charge on any atom is 0.410 e. The summed E-state index contributed by atoms with van der Waals surface area (Å²) in [7, 11) is 0. The first-order valence-corrected chi connectivity index (χ1v) is 12.2. The van der Waals surface area contributed by atoms with Gasteiger partial charge < -0.3 is 29.6 Å². The van der Waals surface area contributed by atoms with Gasteiger partial charge >= 0.3 is 6.09 Å². The van der Waals surface area contributed by atoms with E-state index in [2.05, 4.69) is 5.32 Å². The van der Waals surface area contributed by atoms with Crippen molar-refractivity contribution in [1.29, 1.82) is 0 Å². The Morgan fingerprint density at radius 2 is 1.83 bits per heavy atom. The minimum absolute atomic E-state index is 0.0510. The van der Waals surface area contributed by atoms with Crippen LogP contribution in [0, 0.1) is 6.92 Å². The summed E-state index contributed by atoms with van der Waals surface area (Å²) in [5.41, 5.74) is -1.27. The molecule has 0 saturated carbocycles. The average molecular weight is 501 g/mol. The Labute approximate surface area is 211 Å². The molecule has 0 aliphatic carbocycles. The standard InChI is InChI=1S/C27H36N2O7/c1-18-14-21(31)23(33)24(35-18)27(10-12-29(13-11-27)25(34)36-26(2,3)4)16-22(32)28-20(17-30)15-19-8-6-5-7-9-19/h5-9,14,20,30,33H,10-13,15-17H2,1-4H3,(H,28,32). The summed E-state index contributed by atoms with van der Waals surface area (Å²) in [5, 5.41) is 23.4. The minimum atomic E-state index is -1.01. The molecule has 2 aromatic rings. The highest BCUT2D eigenvalue weighted by molar-refractivity contribution is 5.78. The van der Waals surface area contributed by atoms with E-state index in [0.717, 1.165) is 5.56 Å². The van der Waals surface area contributed by atoms with Gasteiger partial charge in [0.15, 0.2) is 5.76 Å². The number of nitrogens with one attached hydrogen (secondary N) is 1. The number of piperidine rings is 1. The predicted octanol–water partition coefficient (Wildman–Crippen LogP) is 3.03. The van der Waals surface area contributed by atoms with Gasteiger partial charge in [0.1, 0.15) is 11.4 Å². The van der Waals surface area contributed by atoms with Gasteiger partial charge in [0, 0.05) is 31.0 Å². The summed E-state index contributed by atoms with van der Waals surface area (Å²) in [6, 6.07) is 10.2. The third-order valence-corrected chi connectivity index (χ3v) is 6.31. The quantitative estimate of drug-likeness (QED) is 0.533. The van der Waals surface area contributed by atoms with Gasteiger partial charge in [-0.2, -0.15) is 0 Å². The number of aryl methyl sites for hydroxylation is 1. The maximum absolute atomic E-state index is 13.2. The van der Waals surface area contributed by atoms with E-state index in [1.165, 1.54) is 6.07 Å². The van der Waals surface area contributed by atoms with E-state index in [4.69, 9.17) is 9.15 Å². The summed E-state index contributed by atoms with van der Waals surface area (Å²) in [6.45, 7) is 7.24. The van der Waals surface area contributed by atoms with E-state index >= 15 is 0 Å². The Bertz CT molecular complexity index is 1110. The Kier molecular flexibility index (Phi) is 8.45. The van der Waals surface area contributed by atoms with Crippen molar-refractivity contribution in [2.24, 2.45) is 0 Å². The maximum atomic E-state index is 13.2. The summed E-state index contributed by atoms with van der Waals surface area (Å²) in [5.74, 6) is -0.504. The number of hydrogen-bond acceptors (Lipinski definition) is 7. The van der Waals surface area contributed by atoms with Crippen molar-refractivity contribution in [3.63, 3.8) is 0 Å². The summed E-state index contributed by atoms with van der Waals surface area (Å²) >= 11 is 0. The molecule has 1 unspecified atom stereocenters. The summed E-state index contributed by atoms with van der Waals surface area (Å²) in [4.78, 5) is 39.7. The van der Waals surface area contributed by atoms with E-state index < -0.39 is 34.3 Å². The number of hydrogen-bond donors (Lipinski definition) is 3. The van der Waals surface area contributed by atoms with Gasteiger partial charge in [0.05, 0.1) is 12.6 Å². The highest BCUT2D eigenvalue weighted by Gasteiger charge is 2.44. The number of ether oxygens (including phenoxy) is 1. The van der Waals surface area contributed by atoms with Crippen LogP contribution < -0.4 is 10.7 Å². The fourth-order valence-corrected chi connectivity index (χ4v) is 4.54.